The van der Waals surface area contributed by atoms with Gasteiger partial charge in [0, 0.05) is 55.7 Å². The van der Waals surface area contributed by atoms with Gasteiger partial charge in [0.1, 0.15) is 85.1 Å². The first kappa shape index (κ1) is 110. The minimum absolute atomic E-state index is 0.0181. The Morgan fingerprint density at radius 1 is 0.415 bits per heavy atom. The number of rotatable bonds is 60. The highest BCUT2D eigenvalue weighted by Crippen LogP contribution is 2.22. The zero-order chi connectivity index (χ0) is 97.0. The van der Waals surface area contributed by atoms with Crippen molar-refractivity contribution in [3.8, 4) is 0 Å². The molecule has 0 spiro atoms. The molecule has 46 heteroatoms. The monoisotopic (exact) mass is 1830 g/mol. The van der Waals surface area contributed by atoms with Gasteiger partial charge in [-0.2, -0.15) is 0 Å². The van der Waals surface area contributed by atoms with E-state index in [4.69, 9.17) is 22.3 Å². The fourth-order valence-corrected chi connectivity index (χ4v) is 13.8. The Bertz CT molecular complexity index is 4380. The van der Waals surface area contributed by atoms with Crippen LogP contribution in [0.2, 0.25) is 0 Å². The fraction of sp³-hybridized carbons (Fsp3) is 0.595. The summed E-state index contributed by atoms with van der Waals surface area (Å²) in [6.07, 6.45) is -0.947. The van der Waals surface area contributed by atoms with Gasteiger partial charge in [-0.1, -0.05) is 96.5 Å². The SMILES string of the molecule is CC(C)C[C@H](NC(=O)[C@H](CC(C)C)NC(=O)[C@H](Cc1c[nH]c2ccccc12)NC(=O)[C@H](CCC(=O)O)NC(=O)[C@@H](NC(=O)[C@H](Cc1ccccc1)NC(=O)[C@H](CCC(=O)O)NC(=O)[C@H](CCCCN)NC(=O)[C@H](C)NC(=O)[C@@H](N)CCCCN)C(C)C)C(=O)N[C@@H](CCC(=O)O)C(=O)NCC(=O)NCC(=O)N1CCC[C@H]1C(=O)N[C@@H](CO)C(=O)N[C@@H](CO)C(=O)NCC(=O)O. The maximum Gasteiger partial charge on any atom is 0.322 e. The maximum absolute atomic E-state index is 15.1. The number of nitrogens with two attached hydrogens (primary N) is 3. The zero-order valence-corrected chi connectivity index (χ0v) is 74.0. The van der Waals surface area contributed by atoms with E-state index < -0.39 is 292 Å². The average Bonchev–Trinajstić information content (AvgIpc) is 1.65. The Hall–Kier alpha value is -12.8. The standard InChI is InChI=1S/C84H128N20O26/c1-44(2)34-57(78(124)94-54(25-28-66(109)110)73(119)90-39-64(107)89-40-65(108)104-33-17-24-63(104)83(129)102-62(43-106)82(128)101-61(42-105)74(120)91-41-69(115)116)97-79(125)58(35-45(3)4)98-80(126)60(37-49-38-88-52-22-12-11-20-50(49)52)100-77(123)56(27-30-68(113)114)96-84(130)70(46(5)6)103-81(127)59(36-48-18-9-8-10-19-48)99-76(122)55(26-29-67(111)112)95-75(121)53(23-14-16-32-86)93-71(117)47(7)92-72(118)51(87)21-13-15-31-85/h8-12,18-20,22,38,44-47,51,53-63,70,88,105-106H,13-17,21,23-37,39-43,85-87H2,1-7H3,(H,89,107)(H,90,119)(H,91,120)(H,92,118)(H,93,117)(H,94,124)(H,95,121)(H,96,130)(H,97,125)(H,98,126)(H,99,122)(H,100,123)(H,101,128)(H,102,129)(H,103,127)(H,109,110)(H,111,112)(H,113,114)(H,115,116)/t47-,51-,53-,54-,55-,56-,57-,58-,59-,60-,61-,62-,63-,70-/m0/s1. The molecule has 0 unspecified atom stereocenters. The molecule has 1 aromatic heterocycles. The number of hydrogen-bond donors (Lipinski definition) is 25. The number of aliphatic carboxylic acids is 4. The molecule has 16 amide bonds. The first-order valence-corrected chi connectivity index (χ1v) is 43.1. The van der Waals surface area contributed by atoms with Crippen LogP contribution in [0.15, 0.2) is 60.8 Å². The Kier molecular flexibility index (Phi) is 47.6. The molecule has 0 saturated carbocycles. The van der Waals surface area contributed by atoms with E-state index in [0.717, 1.165) is 4.90 Å². The number of aromatic nitrogens is 1. The van der Waals surface area contributed by atoms with Gasteiger partial charge in [0.05, 0.1) is 32.3 Å². The lowest BCUT2D eigenvalue weighted by Gasteiger charge is -2.29. The number of amides is 16. The number of carbonyl (C=O) groups is 20. The quantitative estimate of drug-likeness (QED) is 0.0234. The van der Waals surface area contributed by atoms with Crippen molar-refractivity contribution in [1.82, 2.24) is 89.6 Å². The summed E-state index contributed by atoms with van der Waals surface area (Å²) in [4.78, 5) is 275. The van der Waals surface area contributed by atoms with Crippen LogP contribution in [-0.4, -0.2) is 296 Å². The zero-order valence-electron chi connectivity index (χ0n) is 74.0. The largest absolute Gasteiger partial charge is 0.481 e. The van der Waals surface area contributed by atoms with Crippen molar-refractivity contribution in [2.24, 2.45) is 35.0 Å². The highest BCUT2D eigenvalue weighted by Gasteiger charge is 2.41. The fourth-order valence-electron chi connectivity index (χ4n) is 13.8. The highest BCUT2D eigenvalue weighted by molar-refractivity contribution is 6.01. The van der Waals surface area contributed by atoms with E-state index in [2.05, 4.69) is 79.4 Å². The normalized spacial score (nSPS) is 15.4. The number of nitrogens with zero attached hydrogens (tertiary/aromatic N) is 1. The summed E-state index contributed by atoms with van der Waals surface area (Å²) in [5.41, 5.74) is 18.8. The summed E-state index contributed by atoms with van der Waals surface area (Å²) < 4.78 is 0. The second-order valence-corrected chi connectivity index (χ2v) is 32.8. The number of carbonyl (C=O) groups excluding carboxylic acids is 16. The molecule has 2 aromatic carbocycles. The van der Waals surface area contributed by atoms with E-state index in [0.29, 0.717) is 47.8 Å². The van der Waals surface area contributed by atoms with Crippen LogP contribution in [0, 0.1) is 17.8 Å². The maximum atomic E-state index is 15.1. The molecule has 4 rings (SSSR count). The van der Waals surface area contributed by atoms with Gasteiger partial charge in [-0.25, -0.2) is 0 Å². The molecule has 3 aromatic rings. The lowest BCUT2D eigenvalue weighted by Crippen LogP contribution is -2.61. The van der Waals surface area contributed by atoms with Gasteiger partial charge >= 0.3 is 23.9 Å². The first-order valence-electron chi connectivity index (χ1n) is 43.1. The number of likely N-dealkylation sites (tertiary alicyclic amines) is 1. The number of benzene rings is 2. The Morgan fingerprint density at radius 3 is 1.35 bits per heavy atom. The second-order valence-electron chi connectivity index (χ2n) is 32.8. The van der Waals surface area contributed by atoms with E-state index in [1.54, 1.807) is 88.5 Å². The van der Waals surface area contributed by atoms with Gasteiger partial charge in [-0.05, 0) is 132 Å². The van der Waals surface area contributed by atoms with Crippen molar-refractivity contribution in [2.75, 3.05) is 52.5 Å². The number of carboxylic acid groups (broad SMARTS) is 4. The van der Waals surface area contributed by atoms with E-state index in [1.165, 1.54) is 20.8 Å². The van der Waals surface area contributed by atoms with E-state index in [-0.39, 0.29) is 70.9 Å². The predicted octanol–water partition coefficient (Wildman–Crippen LogP) is -5.87. The molecule has 1 aliphatic heterocycles. The average molecular weight is 1830 g/mol. The predicted molar refractivity (Wildman–Crippen MR) is 465 cm³/mol. The van der Waals surface area contributed by atoms with Crippen molar-refractivity contribution in [3.63, 3.8) is 0 Å². The molecular formula is C84H128N20O26. The summed E-state index contributed by atoms with van der Waals surface area (Å²) in [5, 5.41) is 95.1. The number of nitrogens with one attached hydrogen (secondary N) is 16. The molecule has 46 nitrogen and oxygen atoms in total. The highest BCUT2D eigenvalue weighted by atomic mass is 16.4. The van der Waals surface area contributed by atoms with Crippen LogP contribution in [0.5, 0.6) is 0 Å². The van der Waals surface area contributed by atoms with E-state index in [1.807, 2.05) is 5.32 Å². The van der Waals surface area contributed by atoms with Crippen molar-refractivity contribution in [3.05, 3.63) is 71.9 Å². The van der Waals surface area contributed by atoms with Crippen LogP contribution in [-0.2, 0) is 109 Å². The molecule has 0 aliphatic carbocycles. The summed E-state index contributed by atoms with van der Waals surface area (Å²) in [6, 6.07) is -6.43. The Labute approximate surface area is 750 Å². The van der Waals surface area contributed by atoms with Gasteiger partial charge < -0.3 is 137 Å². The van der Waals surface area contributed by atoms with Gasteiger partial charge in [0.15, 0.2) is 0 Å². The minimum Gasteiger partial charge on any atom is -0.481 e. The second kappa shape index (κ2) is 56.5. The number of aromatic amines is 1. The molecule has 2 heterocycles. The summed E-state index contributed by atoms with van der Waals surface area (Å²) >= 11 is 0. The lowest BCUT2D eigenvalue weighted by molar-refractivity contribution is -0.140. The molecule has 28 N–H and O–H groups in total. The van der Waals surface area contributed by atoms with Crippen LogP contribution in [0.25, 0.3) is 10.9 Å². The van der Waals surface area contributed by atoms with Crippen molar-refractivity contribution >= 4 is 129 Å². The molecule has 0 radical (unpaired) electrons. The molecule has 130 heavy (non-hydrogen) atoms. The van der Waals surface area contributed by atoms with E-state index in [9.17, 15) is 117 Å². The smallest absolute Gasteiger partial charge is 0.322 e. The third-order valence-corrected chi connectivity index (χ3v) is 20.8. The number of unbranched alkanes of at least 4 members (excludes halogenated alkanes) is 2. The van der Waals surface area contributed by atoms with Gasteiger partial charge in [0.2, 0.25) is 94.5 Å². The first-order chi connectivity index (χ1) is 61.5. The Balaban J connectivity index is 1.59. The molecule has 1 fully saturated rings. The lowest BCUT2D eigenvalue weighted by atomic mass is 9.98. The van der Waals surface area contributed by atoms with Crippen molar-refractivity contribution in [2.45, 2.75) is 249 Å². The summed E-state index contributed by atoms with van der Waals surface area (Å²) in [6.45, 7) is 7.18. The molecular weight excluding hydrogens is 1710 g/mol. The van der Waals surface area contributed by atoms with Crippen LogP contribution >= 0.6 is 0 Å². The molecule has 1 aliphatic rings. The van der Waals surface area contributed by atoms with Gasteiger partial charge in [-0.15, -0.1) is 0 Å². The number of fused-ring (bicyclic) bond motifs is 1. The summed E-state index contributed by atoms with van der Waals surface area (Å²) in [5.74, 6) is -23.1. The van der Waals surface area contributed by atoms with Gasteiger partial charge in [-0.3, -0.25) is 95.9 Å². The Morgan fingerprint density at radius 2 is 0.838 bits per heavy atom. The van der Waals surface area contributed by atoms with Crippen LogP contribution < -0.4 is 97.0 Å². The third kappa shape index (κ3) is 38.6. The number of para-hydroxylation sites is 1. The van der Waals surface area contributed by atoms with Crippen LogP contribution in [0.3, 0.4) is 0 Å². The van der Waals surface area contributed by atoms with Crippen LogP contribution in [0.4, 0.5) is 0 Å². The molecule has 1 saturated heterocycles. The van der Waals surface area contributed by atoms with Gasteiger partial charge in [0.25, 0.3) is 0 Å². The molecule has 720 valence electrons. The van der Waals surface area contributed by atoms with Crippen LogP contribution in [0.1, 0.15) is 162 Å². The summed E-state index contributed by atoms with van der Waals surface area (Å²) in [7, 11) is 0. The molecule has 0 bridgehead atoms. The minimum atomic E-state index is -1.81. The number of aliphatic hydroxyl groups excluding tert-OH is 2. The number of aliphatic hydroxyl groups is 2. The third-order valence-electron chi connectivity index (χ3n) is 20.8. The number of hydrogen-bond acceptors (Lipinski definition) is 25. The molecule has 14 atom stereocenters. The topological polar surface area (TPSA) is 740 Å². The van der Waals surface area contributed by atoms with Crippen molar-refractivity contribution in [1.29, 1.82) is 0 Å². The number of carboxylic acids is 4. The van der Waals surface area contributed by atoms with Crippen molar-refractivity contribution < 1.29 is 127 Å². The van der Waals surface area contributed by atoms with E-state index >= 15 is 4.79 Å². The number of H-pyrrole nitrogens is 1.